The van der Waals surface area contributed by atoms with Crippen LogP contribution in [0.5, 0.6) is 0 Å². The van der Waals surface area contributed by atoms with Crippen molar-refractivity contribution in [3.8, 4) is 0 Å². The molecule has 2 heterocycles. The minimum Gasteiger partial charge on any atom is -0.337 e. The van der Waals surface area contributed by atoms with Gasteiger partial charge in [0.2, 0.25) is 5.89 Å². The summed E-state index contributed by atoms with van der Waals surface area (Å²) in [5, 5.41) is 4.38. The quantitative estimate of drug-likeness (QED) is 0.774. The summed E-state index contributed by atoms with van der Waals surface area (Å²) in [4.78, 5) is 36.2. The molecule has 0 radical (unpaired) electrons. The van der Waals surface area contributed by atoms with Gasteiger partial charge in [0.15, 0.2) is 5.82 Å². The molecule has 1 N–H and O–H groups in total. The molecule has 8 nitrogen and oxygen atoms in total. The van der Waals surface area contributed by atoms with Gasteiger partial charge in [0.1, 0.15) is 12.2 Å². The third-order valence-electron chi connectivity index (χ3n) is 3.39. The number of nitrogens with zero attached hydrogens (tertiary/aromatic N) is 4. The zero-order valence-electron chi connectivity index (χ0n) is 12.7. The van der Waals surface area contributed by atoms with Crippen LogP contribution in [0.1, 0.15) is 29.1 Å². The molecular formula is C15H15N5O3. The van der Waals surface area contributed by atoms with E-state index in [1.165, 1.54) is 4.90 Å². The molecular weight excluding hydrogens is 298 g/mol. The first-order valence-electron chi connectivity index (χ1n) is 7.14. The van der Waals surface area contributed by atoms with Crippen molar-refractivity contribution in [1.29, 1.82) is 0 Å². The lowest BCUT2D eigenvalue weighted by atomic mass is 10.1. The van der Waals surface area contributed by atoms with E-state index in [1.54, 1.807) is 31.3 Å². The number of benzene rings is 1. The van der Waals surface area contributed by atoms with E-state index < -0.39 is 5.69 Å². The topological polar surface area (TPSA) is 105 Å². The predicted molar refractivity (Wildman–Crippen MR) is 81.8 cm³/mol. The normalized spacial score (nSPS) is 10.9. The first kappa shape index (κ1) is 14.9. The van der Waals surface area contributed by atoms with Crippen molar-refractivity contribution in [2.24, 2.45) is 0 Å². The molecule has 0 saturated carbocycles. The fourth-order valence-corrected chi connectivity index (χ4v) is 2.22. The zero-order valence-corrected chi connectivity index (χ0v) is 12.7. The molecule has 0 aliphatic carbocycles. The van der Waals surface area contributed by atoms with Crippen LogP contribution in [0.3, 0.4) is 0 Å². The molecule has 1 amide bonds. The van der Waals surface area contributed by atoms with E-state index >= 15 is 0 Å². The number of rotatable bonds is 4. The van der Waals surface area contributed by atoms with Gasteiger partial charge in [-0.3, -0.25) is 4.79 Å². The van der Waals surface area contributed by atoms with E-state index in [9.17, 15) is 9.59 Å². The summed E-state index contributed by atoms with van der Waals surface area (Å²) < 4.78 is 5.08. The molecule has 23 heavy (non-hydrogen) atoms. The van der Waals surface area contributed by atoms with Crippen molar-refractivity contribution >= 4 is 16.8 Å². The highest BCUT2D eigenvalue weighted by Crippen LogP contribution is 2.15. The number of H-pyrrole nitrogens is 1. The molecule has 0 atom stereocenters. The van der Waals surface area contributed by atoms with Crippen molar-refractivity contribution in [3.05, 3.63) is 52.2 Å². The van der Waals surface area contributed by atoms with Crippen molar-refractivity contribution in [2.45, 2.75) is 19.9 Å². The van der Waals surface area contributed by atoms with E-state index in [4.69, 9.17) is 4.52 Å². The van der Waals surface area contributed by atoms with E-state index in [-0.39, 0.29) is 18.1 Å². The van der Waals surface area contributed by atoms with Gasteiger partial charge in [-0.2, -0.15) is 9.97 Å². The second-order valence-electron chi connectivity index (χ2n) is 5.06. The van der Waals surface area contributed by atoms with Crippen LogP contribution in [0.4, 0.5) is 0 Å². The van der Waals surface area contributed by atoms with Gasteiger partial charge in [-0.1, -0.05) is 30.3 Å². The summed E-state index contributed by atoms with van der Waals surface area (Å²) in [6, 6.07) is 7.02. The lowest BCUT2D eigenvalue weighted by molar-refractivity contribution is 0.0765. The average molecular weight is 313 g/mol. The lowest BCUT2D eigenvalue weighted by Gasteiger charge is -2.15. The van der Waals surface area contributed by atoms with Crippen molar-refractivity contribution < 1.29 is 9.32 Å². The molecule has 0 spiro atoms. The molecule has 3 aromatic rings. The Kier molecular flexibility index (Phi) is 3.88. The molecule has 0 aliphatic rings. The SMILES string of the molecule is CCc1noc(CN(C)C(=O)c2nc(=O)[nH]c3ccccc23)n1. The Bertz CT molecular complexity index is 915. The van der Waals surface area contributed by atoms with Crippen LogP contribution in [0.25, 0.3) is 10.9 Å². The highest BCUT2D eigenvalue weighted by atomic mass is 16.5. The lowest BCUT2D eigenvalue weighted by Crippen LogP contribution is -2.29. The second-order valence-corrected chi connectivity index (χ2v) is 5.06. The number of amides is 1. The van der Waals surface area contributed by atoms with Crippen molar-refractivity contribution in [1.82, 2.24) is 25.0 Å². The molecule has 0 saturated heterocycles. The fourth-order valence-electron chi connectivity index (χ4n) is 2.22. The van der Waals surface area contributed by atoms with Crippen LogP contribution in [0, 0.1) is 0 Å². The maximum atomic E-state index is 12.6. The number of para-hydroxylation sites is 1. The number of hydrogen-bond donors (Lipinski definition) is 1. The molecule has 1 aromatic carbocycles. The standard InChI is InChI=1S/C15H15N5O3/c1-3-11-17-12(23-19-11)8-20(2)14(21)13-9-6-4-5-7-10(9)16-15(22)18-13/h4-7H,3,8H2,1-2H3,(H,16,18,22). The van der Waals surface area contributed by atoms with E-state index in [2.05, 4.69) is 20.1 Å². The highest BCUT2D eigenvalue weighted by Gasteiger charge is 2.19. The third kappa shape index (κ3) is 2.96. The number of aromatic nitrogens is 4. The number of fused-ring (bicyclic) bond motifs is 1. The summed E-state index contributed by atoms with van der Waals surface area (Å²) >= 11 is 0. The number of nitrogens with one attached hydrogen (secondary N) is 1. The highest BCUT2D eigenvalue weighted by molar-refractivity contribution is 6.03. The molecule has 0 unspecified atom stereocenters. The average Bonchev–Trinajstić information content (AvgIpc) is 3.00. The number of aromatic amines is 1. The van der Waals surface area contributed by atoms with Gasteiger partial charge in [0, 0.05) is 18.9 Å². The Balaban J connectivity index is 1.91. The number of carbonyl (C=O) groups is 1. The van der Waals surface area contributed by atoms with Gasteiger partial charge in [-0.05, 0) is 6.07 Å². The Morgan fingerprint density at radius 2 is 2.09 bits per heavy atom. The molecule has 3 rings (SSSR count). The van der Waals surface area contributed by atoms with Gasteiger partial charge in [0.25, 0.3) is 5.91 Å². The second kappa shape index (κ2) is 5.99. The molecule has 0 bridgehead atoms. The fraction of sp³-hybridized carbons (Fsp3) is 0.267. The maximum Gasteiger partial charge on any atom is 0.346 e. The Morgan fingerprint density at radius 1 is 1.30 bits per heavy atom. The van der Waals surface area contributed by atoms with E-state index in [1.807, 2.05) is 6.92 Å². The first-order chi connectivity index (χ1) is 11.1. The van der Waals surface area contributed by atoms with Crippen LogP contribution in [0.2, 0.25) is 0 Å². The minimum absolute atomic E-state index is 0.0991. The Hall–Kier alpha value is -3.03. The minimum atomic E-state index is -0.563. The van der Waals surface area contributed by atoms with Crippen LogP contribution in [-0.2, 0) is 13.0 Å². The summed E-state index contributed by atoms with van der Waals surface area (Å²) in [5.74, 6) is 0.538. The third-order valence-corrected chi connectivity index (χ3v) is 3.39. The Morgan fingerprint density at radius 3 is 2.83 bits per heavy atom. The van der Waals surface area contributed by atoms with Gasteiger partial charge in [-0.15, -0.1) is 0 Å². The van der Waals surface area contributed by atoms with Crippen LogP contribution >= 0.6 is 0 Å². The number of hydrogen-bond acceptors (Lipinski definition) is 6. The van der Waals surface area contributed by atoms with Crippen molar-refractivity contribution in [3.63, 3.8) is 0 Å². The Labute approximate surface area is 131 Å². The van der Waals surface area contributed by atoms with Crippen LogP contribution in [0.15, 0.2) is 33.6 Å². The zero-order chi connectivity index (χ0) is 16.4. The summed E-state index contributed by atoms with van der Waals surface area (Å²) in [7, 11) is 1.59. The van der Waals surface area contributed by atoms with Crippen LogP contribution < -0.4 is 5.69 Å². The summed E-state index contributed by atoms with van der Waals surface area (Å²) in [5.41, 5.74) is 0.101. The first-order valence-corrected chi connectivity index (χ1v) is 7.14. The van der Waals surface area contributed by atoms with Gasteiger partial charge >= 0.3 is 5.69 Å². The van der Waals surface area contributed by atoms with Gasteiger partial charge in [-0.25, -0.2) is 4.79 Å². The van der Waals surface area contributed by atoms with E-state index in [0.717, 1.165) is 0 Å². The van der Waals surface area contributed by atoms with E-state index in [0.29, 0.717) is 29.0 Å². The largest absolute Gasteiger partial charge is 0.346 e. The van der Waals surface area contributed by atoms with Gasteiger partial charge < -0.3 is 14.4 Å². The number of aryl methyl sites for hydroxylation is 1. The maximum absolute atomic E-state index is 12.6. The molecule has 0 aliphatic heterocycles. The number of carbonyl (C=O) groups excluding carboxylic acids is 1. The van der Waals surface area contributed by atoms with Gasteiger partial charge in [0.05, 0.1) is 5.52 Å². The summed E-state index contributed by atoms with van der Waals surface area (Å²) in [6.07, 6.45) is 0.654. The smallest absolute Gasteiger partial charge is 0.337 e. The summed E-state index contributed by atoms with van der Waals surface area (Å²) in [6.45, 7) is 2.06. The molecule has 0 fully saturated rings. The monoisotopic (exact) mass is 313 g/mol. The molecule has 8 heteroatoms. The van der Waals surface area contributed by atoms with Crippen molar-refractivity contribution in [2.75, 3.05) is 7.05 Å². The molecule has 118 valence electrons. The molecule has 2 aromatic heterocycles. The predicted octanol–water partition coefficient (Wildman–Crippen LogP) is 1.14. The van der Waals surface area contributed by atoms with Crippen LogP contribution in [-0.4, -0.2) is 38.0 Å².